The molecule has 0 N–H and O–H groups in total. The summed E-state index contributed by atoms with van der Waals surface area (Å²) in [6.07, 6.45) is 1.75. The maximum atomic E-state index is 11.4. The third kappa shape index (κ3) is 2.91. The molecule has 0 aliphatic rings. The number of ether oxygens (including phenoxy) is 1. The van der Waals surface area contributed by atoms with Crippen molar-refractivity contribution in [1.29, 1.82) is 0 Å². The van der Waals surface area contributed by atoms with Gasteiger partial charge in [0, 0.05) is 5.56 Å². The quantitative estimate of drug-likeness (QED) is 0.690. The lowest BCUT2D eigenvalue weighted by Crippen LogP contribution is -2.13. The van der Waals surface area contributed by atoms with Crippen LogP contribution in [0.2, 0.25) is 0 Å². The Labute approximate surface area is 122 Å². The van der Waals surface area contributed by atoms with Gasteiger partial charge in [0.25, 0.3) is 0 Å². The monoisotopic (exact) mass is 281 g/mol. The van der Waals surface area contributed by atoms with E-state index in [1.807, 2.05) is 18.2 Å². The Kier molecular flexibility index (Phi) is 3.64. The first kappa shape index (κ1) is 13.3. The number of carbonyl (C=O) groups excluding carboxylic acids is 1. The van der Waals surface area contributed by atoms with Gasteiger partial charge in [0.2, 0.25) is 0 Å². The normalized spacial score (nSPS) is 10.7. The molecule has 2 aromatic carbocycles. The molecule has 0 unspecified atom stereocenters. The Morgan fingerprint density at radius 3 is 2.81 bits per heavy atom. The lowest BCUT2D eigenvalue weighted by molar-refractivity contribution is -0.144. The number of fused-ring (bicyclic) bond motifs is 1. The molecule has 106 valence electrons. The summed E-state index contributed by atoms with van der Waals surface area (Å²) in [6, 6.07) is 14.3. The molecule has 1 aromatic heterocycles. The summed E-state index contributed by atoms with van der Waals surface area (Å²) < 4.78 is 6.38. The van der Waals surface area contributed by atoms with Gasteiger partial charge in [-0.1, -0.05) is 41.6 Å². The van der Waals surface area contributed by atoms with Gasteiger partial charge in [-0.15, -0.1) is 5.10 Å². The van der Waals surface area contributed by atoms with Crippen molar-refractivity contribution >= 4 is 16.7 Å². The molecule has 0 aliphatic carbocycles. The second kappa shape index (κ2) is 5.75. The zero-order valence-electron chi connectivity index (χ0n) is 11.7. The molecule has 21 heavy (non-hydrogen) atoms. The van der Waals surface area contributed by atoms with Gasteiger partial charge in [-0.05, 0) is 23.8 Å². The van der Waals surface area contributed by atoms with Crippen molar-refractivity contribution in [3.8, 4) is 11.3 Å². The molecule has 0 fully saturated rings. The van der Waals surface area contributed by atoms with E-state index in [1.54, 1.807) is 13.1 Å². The van der Waals surface area contributed by atoms with Crippen molar-refractivity contribution in [3.63, 3.8) is 0 Å². The van der Waals surface area contributed by atoms with Gasteiger partial charge in [-0.2, -0.15) is 0 Å². The van der Waals surface area contributed by atoms with E-state index in [4.69, 9.17) is 4.74 Å². The van der Waals surface area contributed by atoms with Crippen molar-refractivity contribution in [2.45, 2.75) is 13.5 Å². The van der Waals surface area contributed by atoms with Crippen LogP contribution in [0.25, 0.3) is 22.0 Å². The molecule has 0 amide bonds. The first-order valence-electron chi connectivity index (χ1n) is 6.81. The molecule has 3 aromatic rings. The largest absolute Gasteiger partial charge is 0.465 e. The lowest BCUT2D eigenvalue weighted by Gasteiger charge is -2.01. The van der Waals surface area contributed by atoms with Crippen LogP contribution in [0.3, 0.4) is 0 Å². The summed E-state index contributed by atoms with van der Waals surface area (Å²) in [5.74, 6) is -0.313. The Hall–Kier alpha value is -2.69. The molecule has 0 bridgehead atoms. The Balaban J connectivity index is 1.85. The minimum atomic E-state index is -0.313. The molecule has 0 radical (unpaired) electrons. The molecule has 0 spiro atoms. The predicted octanol–water partition coefficient (Wildman–Crippen LogP) is 2.66. The molecular weight excluding hydrogens is 266 g/mol. The van der Waals surface area contributed by atoms with Gasteiger partial charge < -0.3 is 4.74 Å². The van der Waals surface area contributed by atoms with Gasteiger partial charge in [0.05, 0.1) is 12.8 Å². The van der Waals surface area contributed by atoms with Crippen LogP contribution >= 0.6 is 0 Å². The highest BCUT2D eigenvalue weighted by Gasteiger charge is 2.08. The topological polar surface area (TPSA) is 57.0 Å². The second-order valence-corrected chi connectivity index (χ2v) is 4.67. The average molecular weight is 281 g/mol. The van der Waals surface area contributed by atoms with Crippen LogP contribution in [0.5, 0.6) is 0 Å². The summed E-state index contributed by atoms with van der Waals surface area (Å²) in [7, 11) is 0. The molecular formula is C16H15N3O2. The van der Waals surface area contributed by atoms with Crippen LogP contribution in [0.1, 0.15) is 6.92 Å². The smallest absolute Gasteiger partial charge is 0.327 e. The van der Waals surface area contributed by atoms with E-state index in [9.17, 15) is 4.79 Å². The molecule has 5 nitrogen and oxygen atoms in total. The van der Waals surface area contributed by atoms with E-state index in [0.29, 0.717) is 6.61 Å². The van der Waals surface area contributed by atoms with Gasteiger partial charge in [-0.3, -0.25) is 4.79 Å². The fraction of sp³-hybridized carbons (Fsp3) is 0.188. The van der Waals surface area contributed by atoms with E-state index in [0.717, 1.165) is 16.6 Å². The molecule has 0 saturated carbocycles. The van der Waals surface area contributed by atoms with Crippen molar-refractivity contribution < 1.29 is 9.53 Å². The highest BCUT2D eigenvalue weighted by atomic mass is 16.5. The minimum absolute atomic E-state index is 0.0778. The second-order valence-electron chi connectivity index (χ2n) is 4.67. The van der Waals surface area contributed by atoms with Crippen molar-refractivity contribution in [3.05, 3.63) is 48.7 Å². The molecule has 0 atom stereocenters. The summed E-state index contributed by atoms with van der Waals surface area (Å²) in [6.45, 7) is 2.22. The van der Waals surface area contributed by atoms with Gasteiger partial charge >= 0.3 is 5.97 Å². The summed E-state index contributed by atoms with van der Waals surface area (Å²) >= 11 is 0. The van der Waals surface area contributed by atoms with Crippen LogP contribution < -0.4 is 0 Å². The van der Waals surface area contributed by atoms with Crippen LogP contribution in [0.15, 0.2) is 48.7 Å². The van der Waals surface area contributed by atoms with Gasteiger partial charge in [0.1, 0.15) is 12.2 Å². The van der Waals surface area contributed by atoms with Gasteiger partial charge in [-0.25, -0.2) is 4.68 Å². The summed E-state index contributed by atoms with van der Waals surface area (Å²) in [5, 5.41) is 10.4. The number of hydrogen-bond acceptors (Lipinski definition) is 4. The average Bonchev–Trinajstić information content (AvgIpc) is 2.95. The standard InChI is InChI=1S/C16H15N3O2/c1-2-21-16(20)11-19-10-15(17-18-19)14-8-7-12-5-3-4-6-13(12)9-14/h3-10H,2,11H2,1H3. The Morgan fingerprint density at radius 2 is 2.00 bits per heavy atom. The number of rotatable bonds is 4. The zero-order chi connectivity index (χ0) is 14.7. The Bertz CT molecular complexity index is 780. The zero-order valence-corrected chi connectivity index (χ0v) is 11.7. The van der Waals surface area contributed by atoms with Crippen molar-refractivity contribution in [1.82, 2.24) is 15.0 Å². The van der Waals surface area contributed by atoms with Crippen molar-refractivity contribution in [2.75, 3.05) is 6.61 Å². The van der Waals surface area contributed by atoms with Crippen LogP contribution in [-0.2, 0) is 16.1 Å². The first-order valence-corrected chi connectivity index (χ1v) is 6.81. The van der Waals surface area contributed by atoms with Crippen LogP contribution in [-0.4, -0.2) is 27.6 Å². The van der Waals surface area contributed by atoms with Gasteiger partial charge in [0.15, 0.2) is 0 Å². The minimum Gasteiger partial charge on any atom is -0.465 e. The van der Waals surface area contributed by atoms with E-state index in [-0.39, 0.29) is 12.5 Å². The lowest BCUT2D eigenvalue weighted by atomic mass is 10.1. The third-order valence-electron chi connectivity index (χ3n) is 3.18. The number of nitrogens with zero attached hydrogens (tertiary/aromatic N) is 3. The number of hydrogen-bond donors (Lipinski definition) is 0. The first-order chi connectivity index (χ1) is 10.3. The van der Waals surface area contributed by atoms with E-state index in [1.165, 1.54) is 10.1 Å². The number of esters is 1. The molecule has 3 rings (SSSR count). The fourth-order valence-electron chi connectivity index (χ4n) is 2.20. The maximum absolute atomic E-state index is 11.4. The summed E-state index contributed by atoms with van der Waals surface area (Å²) in [5.41, 5.74) is 1.72. The predicted molar refractivity (Wildman–Crippen MR) is 79.6 cm³/mol. The van der Waals surface area contributed by atoms with E-state index >= 15 is 0 Å². The third-order valence-corrected chi connectivity index (χ3v) is 3.18. The molecule has 0 saturated heterocycles. The SMILES string of the molecule is CCOC(=O)Cn1cc(-c2ccc3ccccc3c2)nn1. The molecule has 5 heteroatoms. The highest BCUT2D eigenvalue weighted by molar-refractivity contribution is 5.86. The maximum Gasteiger partial charge on any atom is 0.327 e. The van der Waals surface area contributed by atoms with E-state index in [2.05, 4.69) is 34.6 Å². The number of carbonyl (C=O) groups is 1. The molecule has 1 heterocycles. The van der Waals surface area contributed by atoms with Crippen LogP contribution in [0.4, 0.5) is 0 Å². The fourth-order valence-corrected chi connectivity index (χ4v) is 2.20. The van der Waals surface area contributed by atoms with Crippen molar-refractivity contribution in [2.24, 2.45) is 0 Å². The van der Waals surface area contributed by atoms with E-state index < -0.39 is 0 Å². The summed E-state index contributed by atoms with van der Waals surface area (Å²) in [4.78, 5) is 11.4. The Morgan fingerprint density at radius 1 is 1.19 bits per heavy atom. The molecule has 0 aliphatic heterocycles. The number of aromatic nitrogens is 3. The highest BCUT2D eigenvalue weighted by Crippen LogP contribution is 2.22. The van der Waals surface area contributed by atoms with Crippen LogP contribution in [0, 0.1) is 0 Å². The number of benzene rings is 2.